The number of nitrogens with one attached hydrogen (secondary N) is 1. The number of methoxy groups -OCH3 is 1. The van der Waals surface area contributed by atoms with E-state index in [1.54, 1.807) is 33.6 Å². The second-order valence-electron chi connectivity index (χ2n) is 10.1. The van der Waals surface area contributed by atoms with Gasteiger partial charge in [-0.1, -0.05) is 40.0 Å². The lowest BCUT2D eigenvalue weighted by molar-refractivity contribution is 0.186. The number of aromatic amines is 1. The van der Waals surface area contributed by atoms with Crippen molar-refractivity contribution in [3.05, 3.63) is 92.6 Å². The molecule has 1 aliphatic rings. The molecule has 4 aromatic heterocycles. The van der Waals surface area contributed by atoms with Gasteiger partial charge >= 0.3 is 6.09 Å². The summed E-state index contributed by atoms with van der Waals surface area (Å²) in [6.45, 7) is 2.37. The number of pyridine rings is 2. The highest BCUT2D eigenvalue weighted by atomic mass is 35.5. The normalized spacial score (nSPS) is 14.2. The number of hydrogen-bond donors (Lipinski definition) is 2. The Hall–Kier alpha value is -4.52. The number of imidazole rings is 1. The van der Waals surface area contributed by atoms with Crippen LogP contribution in [0.15, 0.2) is 59.7 Å². The summed E-state index contributed by atoms with van der Waals surface area (Å²) in [4.78, 5) is 38.5. The fraction of sp³-hybridized carbons (Fsp3) is 0.241. The number of rotatable bonds is 8. The zero-order valence-corrected chi connectivity index (χ0v) is 24.7. The Morgan fingerprint density at radius 3 is 2.72 bits per heavy atom. The summed E-state index contributed by atoms with van der Waals surface area (Å²) in [5, 5.41) is 18.0. The first-order valence-corrected chi connectivity index (χ1v) is 14.1. The number of nitrogens with zero attached hydrogens (tertiary/aromatic N) is 7. The smallest absolute Gasteiger partial charge is 0.413 e. The average molecular weight is 621 g/mol. The minimum Gasteiger partial charge on any atom is -0.465 e. The van der Waals surface area contributed by atoms with E-state index in [0.29, 0.717) is 29.9 Å². The molecule has 0 saturated heterocycles. The maximum absolute atomic E-state index is 13.6. The van der Waals surface area contributed by atoms with Gasteiger partial charge in [-0.25, -0.2) is 19.4 Å². The van der Waals surface area contributed by atoms with Crippen LogP contribution in [0.2, 0.25) is 10.3 Å². The minimum atomic E-state index is -1.13. The highest BCUT2D eigenvalue weighted by molar-refractivity contribution is 6.32. The third kappa shape index (κ3) is 5.52. The molecule has 0 spiro atoms. The van der Waals surface area contributed by atoms with Crippen LogP contribution in [0.5, 0.6) is 0 Å². The Balaban J connectivity index is 1.31. The molecule has 12 nitrogen and oxygen atoms in total. The molecular weight excluding hydrogens is 595 g/mol. The van der Waals surface area contributed by atoms with Gasteiger partial charge in [0, 0.05) is 36.2 Å². The summed E-state index contributed by atoms with van der Waals surface area (Å²) in [5.41, 5.74) is 5.28. The summed E-state index contributed by atoms with van der Waals surface area (Å²) < 4.78 is 8.33. The van der Waals surface area contributed by atoms with Gasteiger partial charge in [0.25, 0.3) is 5.56 Å². The molecule has 0 unspecified atom stereocenters. The number of aromatic nitrogens is 7. The summed E-state index contributed by atoms with van der Waals surface area (Å²) in [7, 11) is 1.50. The fourth-order valence-electron chi connectivity index (χ4n) is 5.35. The number of amides is 1. The average Bonchev–Trinajstić information content (AvgIpc) is 3.71. The van der Waals surface area contributed by atoms with Gasteiger partial charge in [-0.05, 0) is 55.7 Å². The number of halogens is 2. The first-order chi connectivity index (χ1) is 20.7. The van der Waals surface area contributed by atoms with Crippen LogP contribution < -0.4 is 10.5 Å². The summed E-state index contributed by atoms with van der Waals surface area (Å²) in [6.07, 6.45) is 3.35. The van der Waals surface area contributed by atoms with E-state index in [-0.39, 0.29) is 40.9 Å². The zero-order valence-electron chi connectivity index (χ0n) is 23.2. The van der Waals surface area contributed by atoms with Crippen molar-refractivity contribution >= 4 is 35.1 Å². The first kappa shape index (κ1) is 28.6. The number of H-pyrrole nitrogens is 1. The molecule has 220 valence electrons. The fourth-order valence-corrected chi connectivity index (χ4v) is 5.73. The molecule has 0 radical (unpaired) electrons. The number of carbonyl (C=O) groups is 1. The van der Waals surface area contributed by atoms with E-state index in [1.807, 2.05) is 31.2 Å². The maximum atomic E-state index is 13.6. The SMILES string of the molecule is COCCN(C(=O)O)c1ccc(-c2[nH]c([C@@H]3CCc4cc(-c5cc(C)ccc5-n5cc(Cl)nn5)cc(=O)n43)nc2Cl)cn1. The Morgan fingerprint density at radius 2 is 2.02 bits per heavy atom. The van der Waals surface area contributed by atoms with Crippen LogP contribution in [-0.4, -0.2) is 66.0 Å². The number of ether oxygens (including phenoxy) is 1. The molecule has 0 saturated carbocycles. The van der Waals surface area contributed by atoms with Crippen LogP contribution in [0.3, 0.4) is 0 Å². The van der Waals surface area contributed by atoms with E-state index in [1.165, 1.54) is 13.3 Å². The molecule has 0 fully saturated rings. The Labute approximate surface area is 255 Å². The number of carboxylic acid groups (broad SMARTS) is 1. The molecule has 0 bridgehead atoms. The Bertz CT molecular complexity index is 1880. The first-order valence-electron chi connectivity index (χ1n) is 13.4. The highest BCUT2D eigenvalue weighted by Gasteiger charge is 2.29. The van der Waals surface area contributed by atoms with E-state index < -0.39 is 6.09 Å². The number of anilines is 1. The van der Waals surface area contributed by atoms with Crippen molar-refractivity contribution in [2.75, 3.05) is 25.2 Å². The molecule has 1 amide bonds. The number of benzene rings is 1. The van der Waals surface area contributed by atoms with Gasteiger partial charge < -0.3 is 19.4 Å². The molecule has 1 aliphatic heterocycles. The van der Waals surface area contributed by atoms with Gasteiger partial charge in [-0.15, -0.1) is 5.10 Å². The van der Waals surface area contributed by atoms with Gasteiger partial charge in [0.1, 0.15) is 11.6 Å². The van der Waals surface area contributed by atoms with Gasteiger partial charge in [0.15, 0.2) is 10.3 Å². The van der Waals surface area contributed by atoms with Crippen LogP contribution >= 0.6 is 23.2 Å². The number of aryl methyl sites for hydroxylation is 2. The molecule has 1 atom stereocenters. The Morgan fingerprint density at radius 1 is 1.19 bits per heavy atom. The standard InChI is InChI=1S/C29H26Cl2N8O4/c1-16-3-6-21(38-15-23(30)35-36-38)20(11-16)18-12-19-5-7-22(39(19)25(40)13-18)28-33-26(27(31)34-28)17-4-8-24(32-14-17)37(29(41)42)9-10-43-2/h3-4,6,8,11-15,22H,5,7,9-10H2,1-2H3,(H,33,34)(H,41,42)/t22-/m0/s1. The molecular formula is C29H26Cl2N8O4. The number of hydrogen-bond acceptors (Lipinski definition) is 7. The quantitative estimate of drug-likeness (QED) is 0.242. The van der Waals surface area contributed by atoms with Crippen LogP contribution in [0.25, 0.3) is 28.1 Å². The lowest BCUT2D eigenvalue weighted by Gasteiger charge is -2.17. The van der Waals surface area contributed by atoms with Crippen molar-refractivity contribution in [3.63, 3.8) is 0 Å². The predicted octanol–water partition coefficient (Wildman–Crippen LogP) is 5.16. The van der Waals surface area contributed by atoms with Crippen molar-refractivity contribution in [1.29, 1.82) is 0 Å². The number of fused-ring (bicyclic) bond motifs is 1. The van der Waals surface area contributed by atoms with E-state index >= 15 is 0 Å². The van der Waals surface area contributed by atoms with Crippen LogP contribution in [0, 0.1) is 6.92 Å². The van der Waals surface area contributed by atoms with E-state index in [4.69, 9.17) is 27.9 Å². The molecule has 0 aliphatic carbocycles. The van der Waals surface area contributed by atoms with Gasteiger partial charge in [-0.3, -0.25) is 9.69 Å². The summed E-state index contributed by atoms with van der Waals surface area (Å²) >= 11 is 12.6. The zero-order chi connectivity index (χ0) is 30.2. The summed E-state index contributed by atoms with van der Waals surface area (Å²) in [6, 6.07) is 12.5. The van der Waals surface area contributed by atoms with Crippen molar-refractivity contribution in [3.8, 4) is 28.1 Å². The lowest BCUT2D eigenvalue weighted by atomic mass is 10.0. The van der Waals surface area contributed by atoms with Crippen molar-refractivity contribution in [2.24, 2.45) is 0 Å². The van der Waals surface area contributed by atoms with Crippen molar-refractivity contribution in [2.45, 2.75) is 25.8 Å². The molecule has 1 aromatic carbocycles. The molecule has 14 heteroatoms. The lowest BCUT2D eigenvalue weighted by Crippen LogP contribution is -2.33. The predicted molar refractivity (Wildman–Crippen MR) is 161 cm³/mol. The van der Waals surface area contributed by atoms with Crippen LogP contribution in [0.1, 0.15) is 29.5 Å². The van der Waals surface area contributed by atoms with Crippen LogP contribution in [0.4, 0.5) is 10.6 Å². The topological polar surface area (TPSA) is 144 Å². The Kier molecular flexibility index (Phi) is 7.74. The molecule has 43 heavy (non-hydrogen) atoms. The van der Waals surface area contributed by atoms with Gasteiger partial charge in [0.05, 0.1) is 36.8 Å². The van der Waals surface area contributed by atoms with E-state index in [0.717, 1.165) is 33.0 Å². The van der Waals surface area contributed by atoms with E-state index in [9.17, 15) is 14.7 Å². The third-order valence-corrected chi connectivity index (χ3v) is 7.81. The minimum absolute atomic E-state index is 0.144. The molecule has 5 aromatic rings. The largest absolute Gasteiger partial charge is 0.465 e. The molecule has 5 heterocycles. The van der Waals surface area contributed by atoms with Crippen LogP contribution in [-0.2, 0) is 11.2 Å². The van der Waals surface area contributed by atoms with Crippen molar-refractivity contribution in [1.82, 2.24) is 34.5 Å². The monoisotopic (exact) mass is 620 g/mol. The summed E-state index contributed by atoms with van der Waals surface area (Å²) in [5.74, 6) is 0.818. The molecule has 6 rings (SSSR count). The van der Waals surface area contributed by atoms with Crippen molar-refractivity contribution < 1.29 is 14.6 Å². The highest BCUT2D eigenvalue weighted by Crippen LogP contribution is 2.36. The van der Waals surface area contributed by atoms with Gasteiger partial charge in [-0.2, -0.15) is 0 Å². The third-order valence-electron chi connectivity index (χ3n) is 7.37. The maximum Gasteiger partial charge on any atom is 0.413 e. The molecule has 2 N–H and O–H groups in total. The van der Waals surface area contributed by atoms with E-state index in [2.05, 4.69) is 25.3 Å². The van der Waals surface area contributed by atoms with Gasteiger partial charge in [0.2, 0.25) is 0 Å². The second kappa shape index (κ2) is 11.6. The second-order valence-corrected chi connectivity index (χ2v) is 10.9.